The number of nitrogens with zero attached hydrogens (tertiary/aromatic N) is 1. The molecule has 5 heteroatoms. The molecule has 0 spiro atoms. The minimum atomic E-state index is -0.349. The van der Waals surface area contributed by atoms with Crippen molar-refractivity contribution in [3.63, 3.8) is 0 Å². The first-order valence-corrected chi connectivity index (χ1v) is 3.51. The lowest BCUT2D eigenvalue weighted by Gasteiger charge is -1.94. The quantitative estimate of drug-likeness (QED) is 0.587. The van der Waals surface area contributed by atoms with E-state index in [1.165, 1.54) is 17.5 Å². The topological polar surface area (TPSA) is 62.2 Å². The normalized spacial score (nSPS) is 9.30. The third kappa shape index (κ3) is 1.52. The third-order valence-corrected chi connectivity index (χ3v) is 1.64. The number of carbonyl (C=O) groups excluding carboxylic acids is 1. The van der Waals surface area contributed by atoms with Crippen LogP contribution in [0.25, 0.3) is 0 Å². The molecule has 0 bridgehead atoms. The molecule has 0 fully saturated rings. The largest absolute Gasteiger partial charge is 0.376 e. The molecule has 0 atom stereocenters. The van der Waals surface area contributed by atoms with Crippen LogP contribution in [0.2, 0.25) is 0 Å². The van der Waals surface area contributed by atoms with Gasteiger partial charge in [0.2, 0.25) is 0 Å². The van der Waals surface area contributed by atoms with E-state index < -0.39 is 0 Å². The average molecular weight is 158 g/mol. The third-order valence-electron chi connectivity index (χ3n) is 0.866. The Morgan fingerprint density at radius 2 is 2.70 bits per heavy atom. The Kier molecular flexibility index (Phi) is 2.35. The lowest BCUT2D eigenvalue weighted by Crippen LogP contribution is -2.23. The van der Waals surface area contributed by atoms with Crippen molar-refractivity contribution in [3.05, 3.63) is 16.6 Å². The number of rotatable bonds is 2. The van der Waals surface area contributed by atoms with Crippen molar-refractivity contribution >= 4 is 17.2 Å². The fourth-order valence-corrected chi connectivity index (χ4v) is 1.03. The number of hydrogen-bond acceptors (Lipinski definition) is 4. The Labute approximate surface area is 61.5 Å². The first-order valence-electron chi connectivity index (χ1n) is 2.63. The molecular weight excluding hydrogens is 152 g/mol. The molecule has 0 aliphatic heterocycles. The zero-order chi connectivity index (χ0) is 7.40. The van der Waals surface area contributed by atoms with Gasteiger partial charge in [0.25, 0.3) is 5.91 Å². The van der Waals surface area contributed by atoms with Gasteiger partial charge in [0.1, 0.15) is 6.73 Å². The summed E-state index contributed by atoms with van der Waals surface area (Å²) in [6, 6.07) is 0. The van der Waals surface area contributed by atoms with Gasteiger partial charge in [0, 0.05) is 11.6 Å². The molecule has 1 aromatic heterocycles. The lowest BCUT2D eigenvalue weighted by molar-refractivity contribution is 0.0910. The van der Waals surface area contributed by atoms with Crippen LogP contribution in [0.3, 0.4) is 0 Å². The average Bonchev–Trinajstić information content (AvgIpc) is 2.38. The van der Waals surface area contributed by atoms with Crippen LogP contribution in [0.15, 0.2) is 11.6 Å². The van der Waals surface area contributed by atoms with Crippen LogP contribution in [0.4, 0.5) is 0 Å². The van der Waals surface area contributed by atoms with Gasteiger partial charge in [-0.15, -0.1) is 11.3 Å². The van der Waals surface area contributed by atoms with Crippen LogP contribution in [0.1, 0.15) is 9.80 Å². The summed E-state index contributed by atoms with van der Waals surface area (Å²) in [5.74, 6) is -0.336. The molecule has 1 amide bonds. The van der Waals surface area contributed by atoms with E-state index in [1.54, 1.807) is 5.38 Å². The molecule has 0 aromatic carbocycles. The Morgan fingerprint density at radius 3 is 3.20 bits per heavy atom. The van der Waals surface area contributed by atoms with Gasteiger partial charge in [0.05, 0.1) is 0 Å². The number of aliphatic hydroxyl groups is 1. The van der Waals surface area contributed by atoms with Crippen molar-refractivity contribution in [2.24, 2.45) is 0 Å². The van der Waals surface area contributed by atoms with Gasteiger partial charge in [-0.2, -0.15) is 0 Å². The second-order valence-corrected chi connectivity index (χ2v) is 2.40. The van der Waals surface area contributed by atoms with E-state index in [4.69, 9.17) is 5.11 Å². The standard InChI is InChI=1S/C5H6N2O2S/c8-3-7-4(9)5-6-1-2-10-5/h1-2,8H,3H2,(H,7,9). The summed E-state index contributed by atoms with van der Waals surface area (Å²) in [4.78, 5) is 14.5. The van der Waals surface area contributed by atoms with E-state index in [-0.39, 0.29) is 12.6 Å². The zero-order valence-electron chi connectivity index (χ0n) is 5.07. The molecule has 0 aliphatic carbocycles. The predicted octanol–water partition coefficient (Wildman–Crippen LogP) is -0.177. The van der Waals surface area contributed by atoms with E-state index in [1.807, 2.05) is 0 Å². The predicted molar refractivity (Wildman–Crippen MR) is 36.7 cm³/mol. The van der Waals surface area contributed by atoms with Crippen LogP contribution >= 0.6 is 11.3 Å². The first-order chi connectivity index (χ1) is 4.84. The van der Waals surface area contributed by atoms with Crippen LogP contribution in [0, 0.1) is 0 Å². The van der Waals surface area contributed by atoms with Gasteiger partial charge in [-0.25, -0.2) is 4.98 Å². The van der Waals surface area contributed by atoms with Crippen LogP contribution in [-0.2, 0) is 0 Å². The van der Waals surface area contributed by atoms with Crippen molar-refractivity contribution in [1.29, 1.82) is 0 Å². The Hall–Kier alpha value is -0.940. The van der Waals surface area contributed by atoms with Crippen molar-refractivity contribution < 1.29 is 9.90 Å². The second kappa shape index (κ2) is 3.28. The fourth-order valence-electron chi connectivity index (χ4n) is 0.483. The maximum Gasteiger partial charge on any atom is 0.282 e. The molecule has 2 N–H and O–H groups in total. The van der Waals surface area contributed by atoms with Gasteiger partial charge in [-0.3, -0.25) is 4.79 Å². The minimum absolute atomic E-state index is 0.336. The molecule has 10 heavy (non-hydrogen) atoms. The van der Waals surface area contributed by atoms with Crippen molar-refractivity contribution in [3.8, 4) is 0 Å². The Morgan fingerprint density at radius 1 is 1.90 bits per heavy atom. The first kappa shape index (κ1) is 7.17. The summed E-state index contributed by atoms with van der Waals surface area (Å²) in [6.07, 6.45) is 1.54. The SMILES string of the molecule is O=C(NCO)c1nccs1. The fraction of sp³-hybridized carbons (Fsp3) is 0.200. The van der Waals surface area contributed by atoms with E-state index >= 15 is 0 Å². The summed E-state index contributed by atoms with van der Waals surface area (Å²) < 4.78 is 0. The molecule has 1 heterocycles. The highest BCUT2D eigenvalue weighted by Gasteiger charge is 2.04. The number of nitrogens with one attached hydrogen (secondary N) is 1. The molecule has 0 unspecified atom stereocenters. The Bertz CT molecular complexity index is 209. The second-order valence-electron chi connectivity index (χ2n) is 1.50. The molecule has 0 saturated carbocycles. The van der Waals surface area contributed by atoms with Gasteiger partial charge >= 0.3 is 0 Å². The molecule has 54 valence electrons. The van der Waals surface area contributed by atoms with E-state index in [0.29, 0.717) is 5.01 Å². The van der Waals surface area contributed by atoms with Crippen LogP contribution < -0.4 is 5.32 Å². The van der Waals surface area contributed by atoms with Gasteiger partial charge in [0.15, 0.2) is 5.01 Å². The summed E-state index contributed by atoms with van der Waals surface area (Å²) >= 11 is 1.24. The minimum Gasteiger partial charge on any atom is -0.376 e. The number of thiazole rings is 1. The lowest BCUT2D eigenvalue weighted by atomic mass is 10.6. The number of aliphatic hydroxyl groups excluding tert-OH is 1. The highest BCUT2D eigenvalue weighted by atomic mass is 32.1. The number of aromatic nitrogens is 1. The molecular formula is C5H6N2O2S. The highest BCUT2D eigenvalue weighted by Crippen LogP contribution is 2.02. The number of carbonyl (C=O) groups is 1. The smallest absolute Gasteiger partial charge is 0.282 e. The van der Waals surface area contributed by atoms with Crippen molar-refractivity contribution in [2.45, 2.75) is 0 Å². The van der Waals surface area contributed by atoms with Gasteiger partial charge < -0.3 is 10.4 Å². The van der Waals surface area contributed by atoms with E-state index in [9.17, 15) is 4.79 Å². The summed E-state index contributed by atoms with van der Waals surface area (Å²) in [5, 5.41) is 12.6. The molecule has 4 nitrogen and oxygen atoms in total. The van der Waals surface area contributed by atoms with Crippen LogP contribution in [-0.4, -0.2) is 22.7 Å². The summed E-state index contributed by atoms with van der Waals surface area (Å²) in [5.41, 5.74) is 0. The maximum absolute atomic E-state index is 10.8. The zero-order valence-corrected chi connectivity index (χ0v) is 5.89. The van der Waals surface area contributed by atoms with E-state index in [0.717, 1.165) is 0 Å². The Balaban J connectivity index is 2.59. The van der Waals surface area contributed by atoms with Crippen molar-refractivity contribution in [2.75, 3.05) is 6.73 Å². The summed E-state index contributed by atoms with van der Waals surface area (Å²) in [6.45, 7) is -0.349. The maximum atomic E-state index is 10.8. The number of hydrogen-bond donors (Lipinski definition) is 2. The van der Waals surface area contributed by atoms with E-state index in [2.05, 4.69) is 10.3 Å². The van der Waals surface area contributed by atoms with Gasteiger partial charge in [-0.05, 0) is 0 Å². The van der Waals surface area contributed by atoms with Crippen LogP contribution in [0.5, 0.6) is 0 Å². The monoisotopic (exact) mass is 158 g/mol. The molecule has 0 saturated heterocycles. The summed E-state index contributed by atoms with van der Waals surface area (Å²) in [7, 11) is 0. The van der Waals surface area contributed by atoms with Gasteiger partial charge in [-0.1, -0.05) is 0 Å². The van der Waals surface area contributed by atoms with Crippen molar-refractivity contribution in [1.82, 2.24) is 10.3 Å². The molecule has 1 aromatic rings. The molecule has 1 rings (SSSR count). The number of amides is 1. The molecule has 0 aliphatic rings. The highest BCUT2D eigenvalue weighted by molar-refractivity contribution is 7.11. The molecule has 0 radical (unpaired) electrons.